The largest absolute Gasteiger partial charge is 0.463 e. The third-order valence-corrected chi connectivity index (χ3v) is 7.72. The molecule has 0 aliphatic heterocycles. The van der Waals surface area contributed by atoms with Gasteiger partial charge in [-0.15, -0.1) is 0 Å². The van der Waals surface area contributed by atoms with Crippen molar-refractivity contribution in [2.75, 3.05) is 187 Å². The fourth-order valence-corrected chi connectivity index (χ4v) is 4.22. The molecule has 0 saturated carbocycles. The summed E-state index contributed by atoms with van der Waals surface area (Å²) in [5.41, 5.74) is 0. The number of carbonyl (C=O) groups excluding carboxylic acids is 4. The van der Waals surface area contributed by atoms with Crippen molar-refractivity contribution in [3.63, 3.8) is 0 Å². The summed E-state index contributed by atoms with van der Waals surface area (Å²) < 4.78 is 52.0. The van der Waals surface area contributed by atoms with Crippen LogP contribution in [0.1, 0.15) is 25.7 Å². The number of esters is 4. The Morgan fingerprint density at radius 3 is 0.778 bits per heavy atom. The van der Waals surface area contributed by atoms with Gasteiger partial charge < -0.3 is 67.0 Å². The van der Waals surface area contributed by atoms with Gasteiger partial charge in [0.1, 0.15) is 26.4 Å². The minimum atomic E-state index is -0.286. The summed E-state index contributed by atoms with van der Waals surface area (Å²) in [7, 11) is 10.9. The lowest BCUT2D eigenvalue weighted by Gasteiger charge is -2.21. The summed E-state index contributed by atoms with van der Waals surface area (Å²) in [5.74, 6) is -1.07. The van der Waals surface area contributed by atoms with Crippen molar-refractivity contribution in [3.05, 3.63) is 0 Å². The second-order valence-electron chi connectivity index (χ2n) is 12.5. The number of ether oxygens (including phenoxy) is 10. The summed E-state index contributed by atoms with van der Waals surface area (Å²) >= 11 is 0. The summed E-state index contributed by atoms with van der Waals surface area (Å²) in [5, 5.41) is 0. The van der Waals surface area contributed by atoms with Gasteiger partial charge in [-0.05, 0) is 28.2 Å². The molecule has 0 aromatic carbocycles. The van der Waals surface area contributed by atoms with E-state index in [0.29, 0.717) is 91.9 Å². The lowest BCUT2D eigenvalue weighted by atomic mass is 10.3. The van der Waals surface area contributed by atoms with Crippen LogP contribution in [0.4, 0.5) is 0 Å². The Balaban J connectivity index is 3.57. The van der Waals surface area contributed by atoms with E-state index in [-0.39, 0.29) is 76.4 Å². The molecule has 0 radical (unpaired) electrons. The third-order valence-electron chi connectivity index (χ3n) is 7.72. The highest BCUT2D eigenvalue weighted by atomic mass is 16.6. The number of nitrogens with zero attached hydrogens (tertiary/aromatic N) is 4. The molecule has 0 aromatic heterocycles. The van der Waals surface area contributed by atoms with Gasteiger partial charge in [0.05, 0.1) is 91.8 Å². The van der Waals surface area contributed by atoms with Gasteiger partial charge >= 0.3 is 23.9 Å². The Kier molecular flexibility index (Phi) is 35.7. The first-order valence-corrected chi connectivity index (χ1v) is 18.7. The van der Waals surface area contributed by atoms with E-state index in [1.165, 1.54) is 0 Å². The van der Waals surface area contributed by atoms with Gasteiger partial charge in [0.15, 0.2) is 0 Å². The Morgan fingerprint density at radius 2 is 0.519 bits per heavy atom. The van der Waals surface area contributed by atoms with Gasteiger partial charge in [-0.1, -0.05) is 0 Å². The van der Waals surface area contributed by atoms with Crippen LogP contribution in [0.25, 0.3) is 0 Å². The van der Waals surface area contributed by atoms with Crippen molar-refractivity contribution in [1.29, 1.82) is 0 Å². The summed E-state index contributed by atoms with van der Waals surface area (Å²) in [4.78, 5) is 55.7. The summed E-state index contributed by atoms with van der Waals surface area (Å²) in [6.07, 6.45) is 1.17. The van der Waals surface area contributed by atoms with Crippen LogP contribution in [0.2, 0.25) is 0 Å². The first-order valence-electron chi connectivity index (χ1n) is 18.7. The number of methoxy groups -OCH3 is 2. The van der Waals surface area contributed by atoms with Crippen molar-refractivity contribution in [2.24, 2.45) is 0 Å². The zero-order chi connectivity index (χ0) is 40.1. The number of carbonyl (C=O) groups is 4. The predicted octanol–water partition coefficient (Wildman–Crippen LogP) is -0.194. The van der Waals surface area contributed by atoms with E-state index in [9.17, 15) is 19.2 Å². The molecule has 0 unspecified atom stereocenters. The zero-order valence-corrected chi connectivity index (χ0v) is 33.9. The van der Waals surface area contributed by atoms with Crippen molar-refractivity contribution >= 4 is 23.9 Å². The number of likely N-dealkylation sites (N-methyl/N-ethyl adjacent to an activating group) is 4. The molecular weight excluding hydrogens is 712 g/mol. The minimum absolute atomic E-state index is 0.172. The first-order chi connectivity index (χ1) is 26.1. The second-order valence-corrected chi connectivity index (χ2v) is 12.5. The monoisotopic (exact) mass is 782 g/mol. The molecule has 0 fully saturated rings. The molecule has 0 saturated heterocycles. The maximum atomic E-state index is 12.0. The molecule has 54 heavy (non-hydrogen) atoms. The van der Waals surface area contributed by atoms with Crippen LogP contribution in [-0.4, -0.2) is 231 Å². The third kappa shape index (κ3) is 36.5. The SMILES string of the molecule is COCCOCCOC(=O)CCN(C)CCN(C)CCC(=O)OCCOCCOCCOCCOC(=O)CCN(C)CCN(C)CCC(=O)OCCOC. The molecule has 0 N–H and O–H groups in total. The normalized spacial score (nSPS) is 11.5. The van der Waals surface area contributed by atoms with Crippen LogP contribution >= 0.6 is 0 Å². The van der Waals surface area contributed by atoms with Crippen molar-refractivity contribution in [3.8, 4) is 0 Å². The lowest BCUT2D eigenvalue weighted by Crippen LogP contribution is -2.33. The van der Waals surface area contributed by atoms with Crippen molar-refractivity contribution in [1.82, 2.24) is 19.6 Å². The number of hydrogen-bond donors (Lipinski definition) is 0. The van der Waals surface area contributed by atoms with Gasteiger partial charge in [0, 0.05) is 66.6 Å². The average molecular weight is 783 g/mol. The summed E-state index contributed by atoms with van der Waals surface area (Å²) in [6, 6.07) is 0. The van der Waals surface area contributed by atoms with Gasteiger partial charge in [-0.25, -0.2) is 0 Å². The maximum absolute atomic E-state index is 12.0. The van der Waals surface area contributed by atoms with Crippen LogP contribution in [0.15, 0.2) is 0 Å². The zero-order valence-electron chi connectivity index (χ0n) is 33.9. The minimum Gasteiger partial charge on any atom is -0.463 e. The molecule has 18 heteroatoms. The van der Waals surface area contributed by atoms with Crippen LogP contribution in [0, 0.1) is 0 Å². The second kappa shape index (κ2) is 37.4. The van der Waals surface area contributed by atoms with E-state index in [1.807, 2.05) is 47.8 Å². The van der Waals surface area contributed by atoms with Crippen LogP contribution in [0.5, 0.6) is 0 Å². The molecule has 18 nitrogen and oxygen atoms in total. The highest BCUT2D eigenvalue weighted by Gasteiger charge is 2.11. The number of rotatable bonds is 39. The van der Waals surface area contributed by atoms with E-state index < -0.39 is 0 Å². The fourth-order valence-electron chi connectivity index (χ4n) is 4.22. The van der Waals surface area contributed by atoms with Crippen molar-refractivity contribution in [2.45, 2.75) is 25.7 Å². The molecular formula is C36H70N4O14. The van der Waals surface area contributed by atoms with Gasteiger partial charge in [-0.3, -0.25) is 19.2 Å². The predicted molar refractivity (Wildman–Crippen MR) is 199 cm³/mol. The highest BCUT2D eigenvalue weighted by Crippen LogP contribution is 1.98. The van der Waals surface area contributed by atoms with Gasteiger partial charge in [0.2, 0.25) is 0 Å². The van der Waals surface area contributed by atoms with E-state index in [4.69, 9.17) is 47.4 Å². The molecule has 0 aromatic rings. The fraction of sp³-hybridized carbons (Fsp3) is 0.889. The Hall–Kier alpha value is -2.52. The van der Waals surface area contributed by atoms with E-state index in [1.54, 1.807) is 14.2 Å². The van der Waals surface area contributed by atoms with Gasteiger partial charge in [-0.2, -0.15) is 0 Å². The Bertz CT molecular complexity index is 936. The highest BCUT2D eigenvalue weighted by molar-refractivity contribution is 5.70. The topological polar surface area (TPSA) is 174 Å². The van der Waals surface area contributed by atoms with E-state index >= 15 is 0 Å². The standard InChI is InChI=1S/C36H70N4O14/c1-37(11-7-33(41)51-29-20-46-6)15-16-39(3)13-9-35(43)53-31-27-49-24-22-48-23-25-50-28-32-54-36(44)10-14-40(4)18-17-38(2)12-8-34(42)52-30-26-47-21-19-45-5/h7-32H2,1-6H3. The molecule has 0 bridgehead atoms. The van der Waals surface area contributed by atoms with Crippen LogP contribution in [-0.2, 0) is 66.5 Å². The van der Waals surface area contributed by atoms with Crippen LogP contribution < -0.4 is 0 Å². The Labute approximate surface area is 322 Å². The molecule has 0 spiro atoms. The molecule has 0 atom stereocenters. The van der Waals surface area contributed by atoms with E-state index in [0.717, 1.165) is 26.2 Å². The first kappa shape index (κ1) is 51.5. The molecule has 0 rings (SSSR count). The molecule has 0 heterocycles. The average Bonchev–Trinajstić information content (AvgIpc) is 3.16. The lowest BCUT2D eigenvalue weighted by molar-refractivity contribution is -0.146. The molecule has 318 valence electrons. The quantitative estimate of drug-likeness (QED) is 0.0456. The number of hydrogen-bond acceptors (Lipinski definition) is 18. The van der Waals surface area contributed by atoms with Crippen molar-refractivity contribution < 1.29 is 66.5 Å². The summed E-state index contributed by atoms with van der Waals surface area (Å²) in [6.45, 7) is 9.91. The smallest absolute Gasteiger partial charge is 0.307 e. The molecule has 0 aliphatic carbocycles. The molecule has 0 aliphatic rings. The van der Waals surface area contributed by atoms with Crippen LogP contribution in [0.3, 0.4) is 0 Å². The Morgan fingerprint density at radius 1 is 0.315 bits per heavy atom. The van der Waals surface area contributed by atoms with Gasteiger partial charge in [0.25, 0.3) is 0 Å². The van der Waals surface area contributed by atoms with E-state index in [2.05, 4.69) is 0 Å². The molecule has 0 amide bonds. The maximum Gasteiger partial charge on any atom is 0.307 e.